The topological polar surface area (TPSA) is 84.5 Å². The number of nitrogens with one attached hydrogen (secondary N) is 2. The first kappa shape index (κ1) is 18.2. The molecule has 5 atom stereocenters. The lowest BCUT2D eigenvalue weighted by molar-refractivity contribution is -0.145. The van der Waals surface area contributed by atoms with Crippen LogP contribution in [0.3, 0.4) is 0 Å². The molecule has 0 aromatic heterocycles. The van der Waals surface area contributed by atoms with E-state index in [1.165, 1.54) is 0 Å². The van der Waals surface area contributed by atoms with Crippen molar-refractivity contribution in [2.24, 2.45) is 23.7 Å². The highest BCUT2D eigenvalue weighted by Crippen LogP contribution is 2.57. The summed E-state index contributed by atoms with van der Waals surface area (Å²) in [6, 6.07) is 13.6. The minimum absolute atomic E-state index is 0.0128. The van der Waals surface area contributed by atoms with Gasteiger partial charge >= 0.3 is 5.97 Å². The first-order chi connectivity index (χ1) is 14.0. The second-order valence-corrected chi connectivity index (χ2v) is 8.39. The van der Waals surface area contributed by atoms with Gasteiger partial charge in [0.15, 0.2) is 0 Å². The van der Waals surface area contributed by atoms with Crippen molar-refractivity contribution in [3.63, 3.8) is 0 Å². The summed E-state index contributed by atoms with van der Waals surface area (Å²) in [4.78, 5) is 37.3. The van der Waals surface area contributed by atoms with Gasteiger partial charge in [-0.15, -0.1) is 0 Å². The van der Waals surface area contributed by atoms with E-state index in [9.17, 15) is 14.4 Å². The van der Waals surface area contributed by atoms with Gasteiger partial charge in [-0.05, 0) is 61.2 Å². The van der Waals surface area contributed by atoms with Gasteiger partial charge in [-0.2, -0.15) is 0 Å². The van der Waals surface area contributed by atoms with Gasteiger partial charge in [0.2, 0.25) is 5.91 Å². The number of fused-ring (bicyclic) bond motifs is 1. The third-order valence-corrected chi connectivity index (χ3v) is 6.52. The van der Waals surface area contributed by atoms with E-state index >= 15 is 0 Å². The lowest BCUT2D eigenvalue weighted by Crippen LogP contribution is -2.35. The molecule has 2 N–H and O–H groups in total. The third-order valence-electron chi connectivity index (χ3n) is 6.28. The van der Waals surface area contributed by atoms with Crippen LogP contribution in [0.1, 0.15) is 23.2 Å². The van der Waals surface area contributed by atoms with Crippen molar-refractivity contribution in [3.8, 4) is 0 Å². The Morgan fingerprint density at radius 1 is 1.00 bits per heavy atom. The highest BCUT2D eigenvalue weighted by atomic mass is 35.5. The van der Waals surface area contributed by atoms with Crippen molar-refractivity contribution in [1.82, 2.24) is 0 Å². The van der Waals surface area contributed by atoms with Crippen LogP contribution in [0.5, 0.6) is 0 Å². The largest absolute Gasteiger partial charge is 0.462 e. The Hall–Kier alpha value is -2.86. The molecule has 2 aliphatic carbocycles. The quantitative estimate of drug-likeness (QED) is 0.752. The van der Waals surface area contributed by atoms with E-state index in [4.69, 9.17) is 16.3 Å². The number of hydrogen-bond donors (Lipinski definition) is 2. The second kappa shape index (κ2) is 6.88. The summed E-state index contributed by atoms with van der Waals surface area (Å²) in [5, 5.41) is 6.22. The second-order valence-electron chi connectivity index (χ2n) is 7.95. The first-order valence-corrected chi connectivity index (χ1v) is 10.1. The summed E-state index contributed by atoms with van der Waals surface area (Å²) in [7, 11) is 0. The number of carbonyl (C=O) groups is 3. The molecule has 2 aromatic rings. The minimum atomic E-state index is -0.322. The smallest absolute Gasteiger partial charge is 0.310 e. The fourth-order valence-corrected chi connectivity index (χ4v) is 5.25. The van der Waals surface area contributed by atoms with Gasteiger partial charge in [-0.25, -0.2) is 0 Å². The standard InChI is InChI=1S/C22H19ClN2O4/c23-13-2-1-3-15(10-13)25-20(26)11-4-6-14(7-5-11)24-21(27)18-12-8-16-17(9-12)29-22(28)19(16)18/h1-7,10,12,16-19H,8-9H2,(H,24,27)(H,25,26)/t12-,16+,17-,18-,19-/m1/s1. The molecule has 7 heteroatoms. The molecule has 2 bridgehead atoms. The molecule has 148 valence electrons. The van der Waals surface area contributed by atoms with Crippen LogP contribution in [0.4, 0.5) is 11.4 Å². The van der Waals surface area contributed by atoms with Crippen molar-refractivity contribution >= 4 is 40.8 Å². The Labute approximate surface area is 172 Å². The maximum atomic E-state index is 12.8. The number of esters is 1. The minimum Gasteiger partial charge on any atom is -0.462 e. The van der Waals surface area contributed by atoms with Crippen molar-refractivity contribution in [2.45, 2.75) is 18.9 Å². The van der Waals surface area contributed by atoms with Crippen LogP contribution in [-0.2, 0) is 14.3 Å². The molecular formula is C22H19ClN2O4. The molecule has 6 nitrogen and oxygen atoms in total. The fourth-order valence-electron chi connectivity index (χ4n) is 5.06. The molecule has 0 radical (unpaired) electrons. The monoisotopic (exact) mass is 410 g/mol. The molecule has 2 saturated carbocycles. The van der Waals surface area contributed by atoms with Gasteiger partial charge in [0.25, 0.3) is 5.91 Å². The molecule has 3 aliphatic rings. The Morgan fingerprint density at radius 3 is 2.55 bits per heavy atom. The number of ether oxygens (including phenoxy) is 1. The fraction of sp³-hybridized carbons (Fsp3) is 0.318. The van der Waals surface area contributed by atoms with Crippen LogP contribution < -0.4 is 10.6 Å². The van der Waals surface area contributed by atoms with Crippen LogP contribution in [-0.4, -0.2) is 23.9 Å². The number of benzene rings is 2. The average molecular weight is 411 g/mol. The van der Waals surface area contributed by atoms with Crippen molar-refractivity contribution in [2.75, 3.05) is 10.6 Å². The summed E-state index contributed by atoms with van der Waals surface area (Å²) < 4.78 is 5.40. The summed E-state index contributed by atoms with van der Waals surface area (Å²) >= 11 is 5.93. The number of amides is 2. The number of carbonyl (C=O) groups excluding carboxylic acids is 3. The number of anilines is 2. The normalized spacial score (nSPS) is 28.9. The van der Waals surface area contributed by atoms with E-state index in [0.717, 1.165) is 12.8 Å². The molecule has 1 aliphatic heterocycles. The zero-order chi connectivity index (χ0) is 20.1. The van der Waals surface area contributed by atoms with Gasteiger partial charge in [0.1, 0.15) is 6.10 Å². The molecule has 3 fully saturated rings. The Kier molecular flexibility index (Phi) is 4.32. The van der Waals surface area contributed by atoms with E-state index in [0.29, 0.717) is 22.0 Å². The van der Waals surface area contributed by atoms with Crippen LogP contribution in [0.2, 0.25) is 5.02 Å². The van der Waals surface area contributed by atoms with Crippen molar-refractivity contribution in [1.29, 1.82) is 0 Å². The Balaban J connectivity index is 1.24. The zero-order valence-electron chi connectivity index (χ0n) is 15.4. The van der Waals surface area contributed by atoms with Gasteiger partial charge in [0.05, 0.1) is 11.8 Å². The first-order valence-electron chi connectivity index (χ1n) is 9.68. The molecule has 2 amide bonds. The van der Waals surface area contributed by atoms with Crippen LogP contribution in [0.25, 0.3) is 0 Å². The maximum absolute atomic E-state index is 12.8. The number of hydrogen-bond acceptors (Lipinski definition) is 4. The molecule has 0 unspecified atom stereocenters. The molecular weight excluding hydrogens is 392 g/mol. The molecule has 0 spiro atoms. The van der Waals surface area contributed by atoms with Gasteiger partial charge in [-0.3, -0.25) is 14.4 Å². The SMILES string of the molecule is O=C(Nc1cccc(Cl)c1)c1ccc(NC(=O)[C@@H]2[C@@H]3C[C@@H]4[C@H]2C(=O)O[C@@H]4C3)cc1. The van der Waals surface area contributed by atoms with Crippen molar-refractivity contribution < 1.29 is 19.1 Å². The molecule has 2 aromatic carbocycles. The average Bonchev–Trinajstić information content (AvgIpc) is 3.31. The van der Waals surface area contributed by atoms with E-state index < -0.39 is 0 Å². The molecule has 1 heterocycles. The summed E-state index contributed by atoms with van der Waals surface area (Å²) in [5.41, 5.74) is 1.67. The van der Waals surface area contributed by atoms with Crippen molar-refractivity contribution in [3.05, 3.63) is 59.1 Å². The maximum Gasteiger partial charge on any atom is 0.310 e. The molecule has 1 saturated heterocycles. The lowest BCUT2D eigenvalue weighted by atomic mass is 9.79. The summed E-state index contributed by atoms with van der Waals surface area (Å²) in [5.74, 6) is -0.856. The number of rotatable bonds is 4. The predicted molar refractivity (Wildman–Crippen MR) is 108 cm³/mol. The van der Waals surface area contributed by atoms with E-state index in [1.54, 1.807) is 48.5 Å². The number of halogens is 1. The third kappa shape index (κ3) is 3.17. The van der Waals surface area contributed by atoms with E-state index in [-0.39, 0.29) is 47.6 Å². The van der Waals surface area contributed by atoms with Gasteiger partial charge in [-0.1, -0.05) is 17.7 Å². The lowest BCUT2D eigenvalue weighted by Gasteiger charge is -2.23. The van der Waals surface area contributed by atoms with Gasteiger partial charge < -0.3 is 15.4 Å². The van der Waals surface area contributed by atoms with E-state index in [1.807, 2.05) is 0 Å². The predicted octanol–water partition coefficient (Wildman–Crippen LogP) is 3.73. The zero-order valence-corrected chi connectivity index (χ0v) is 16.2. The Morgan fingerprint density at radius 2 is 1.79 bits per heavy atom. The van der Waals surface area contributed by atoms with E-state index in [2.05, 4.69) is 10.6 Å². The molecule has 5 rings (SSSR count). The highest BCUT2D eigenvalue weighted by Gasteiger charge is 2.63. The van der Waals surface area contributed by atoms with Crippen LogP contribution in [0.15, 0.2) is 48.5 Å². The Bertz CT molecular complexity index is 1000. The molecule has 29 heavy (non-hydrogen) atoms. The summed E-state index contributed by atoms with van der Waals surface area (Å²) in [6.45, 7) is 0. The highest BCUT2D eigenvalue weighted by molar-refractivity contribution is 6.31. The van der Waals surface area contributed by atoms with Crippen LogP contribution in [0, 0.1) is 23.7 Å². The van der Waals surface area contributed by atoms with Crippen LogP contribution >= 0.6 is 11.6 Å². The van der Waals surface area contributed by atoms with Gasteiger partial charge in [0, 0.05) is 27.9 Å². The summed E-state index contributed by atoms with van der Waals surface area (Å²) in [6.07, 6.45) is 1.69.